The number of carbonyl (C=O) groups excluding carboxylic acids is 1. The van der Waals surface area contributed by atoms with Crippen molar-refractivity contribution in [3.8, 4) is 0 Å². The van der Waals surface area contributed by atoms with Crippen LogP contribution in [0.25, 0.3) is 0 Å². The van der Waals surface area contributed by atoms with Crippen LogP contribution < -0.4 is 11.1 Å². The van der Waals surface area contributed by atoms with E-state index in [2.05, 4.69) is 5.32 Å². The Morgan fingerprint density at radius 1 is 1.25 bits per heavy atom. The molecule has 0 radical (unpaired) electrons. The second-order valence-electron chi connectivity index (χ2n) is 5.01. The van der Waals surface area contributed by atoms with Gasteiger partial charge in [0.1, 0.15) is 0 Å². The number of nitrogens with two attached hydrogens (primary N) is 1. The van der Waals surface area contributed by atoms with Gasteiger partial charge in [0, 0.05) is 18.6 Å². The van der Waals surface area contributed by atoms with Gasteiger partial charge in [-0.05, 0) is 25.7 Å². The Hall–Kier alpha value is -0.610. The lowest BCUT2D eigenvalue weighted by atomic mass is 9.92. The molecule has 0 bridgehead atoms. The Kier molecular flexibility index (Phi) is 4.18. The van der Waals surface area contributed by atoms with Crippen molar-refractivity contribution in [2.45, 2.75) is 50.6 Å². The van der Waals surface area contributed by atoms with Crippen LogP contribution in [0.2, 0.25) is 0 Å². The van der Waals surface area contributed by atoms with E-state index in [0.29, 0.717) is 12.6 Å². The molecule has 0 spiro atoms. The molecule has 2 unspecified atom stereocenters. The minimum absolute atomic E-state index is 0.191. The zero-order chi connectivity index (χ0) is 11.4. The van der Waals surface area contributed by atoms with Gasteiger partial charge in [-0.2, -0.15) is 0 Å². The number of nitrogens with one attached hydrogen (secondary N) is 1. The Labute approximate surface area is 96.9 Å². The van der Waals surface area contributed by atoms with Gasteiger partial charge in [0.2, 0.25) is 5.91 Å². The summed E-state index contributed by atoms with van der Waals surface area (Å²) < 4.78 is 5.43. The van der Waals surface area contributed by atoms with E-state index in [1.807, 2.05) is 0 Å². The standard InChI is InChI=1S/C12H22N2O2/c13-12(15)11(9-4-3-7-16-8-9)14-10-5-1-2-6-10/h9-11,14H,1-8H2,(H2,13,15). The molecule has 4 heteroatoms. The van der Waals surface area contributed by atoms with Crippen LogP contribution in [-0.4, -0.2) is 31.2 Å². The van der Waals surface area contributed by atoms with Gasteiger partial charge in [-0.1, -0.05) is 12.8 Å². The first-order valence-corrected chi connectivity index (χ1v) is 6.40. The van der Waals surface area contributed by atoms with Gasteiger partial charge in [-0.15, -0.1) is 0 Å². The molecule has 1 aliphatic carbocycles. The minimum Gasteiger partial charge on any atom is -0.381 e. The third kappa shape index (κ3) is 2.95. The predicted octanol–water partition coefficient (Wildman–Crippen LogP) is 0.799. The monoisotopic (exact) mass is 226 g/mol. The van der Waals surface area contributed by atoms with Crippen molar-refractivity contribution < 1.29 is 9.53 Å². The summed E-state index contributed by atoms with van der Waals surface area (Å²) >= 11 is 0. The zero-order valence-electron chi connectivity index (χ0n) is 9.78. The van der Waals surface area contributed by atoms with E-state index in [9.17, 15) is 4.79 Å². The maximum atomic E-state index is 11.5. The van der Waals surface area contributed by atoms with Crippen molar-refractivity contribution in [3.05, 3.63) is 0 Å². The number of amides is 1. The highest BCUT2D eigenvalue weighted by Crippen LogP contribution is 2.22. The summed E-state index contributed by atoms with van der Waals surface area (Å²) in [6, 6.07) is 0.294. The molecule has 2 fully saturated rings. The van der Waals surface area contributed by atoms with Gasteiger partial charge in [-0.3, -0.25) is 4.79 Å². The summed E-state index contributed by atoms with van der Waals surface area (Å²) in [5.74, 6) is 0.0502. The average molecular weight is 226 g/mol. The van der Waals surface area contributed by atoms with Crippen molar-refractivity contribution >= 4 is 5.91 Å². The summed E-state index contributed by atoms with van der Waals surface area (Å²) in [5, 5.41) is 3.43. The van der Waals surface area contributed by atoms with Crippen LogP contribution in [0, 0.1) is 5.92 Å². The van der Waals surface area contributed by atoms with Crippen molar-refractivity contribution in [1.82, 2.24) is 5.32 Å². The van der Waals surface area contributed by atoms with E-state index >= 15 is 0 Å². The van der Waals surface area contributed by atoms with E-state index in [0.717, 1.165) is 19.4 Å². The van der Waals surface area contributed by atoms with E-state index in [-0.39, 0.29) is 17.9 Å². The van der Waals surface area contributed by atoms with Gasteiger partial charge in [0.15, 0.2) is 0 Å². The highest BCUT2D eigenvalue weighted by atomic mass is 16.5. The lowest BCUT2D eigenvalue weighted by molar-refractivity contribution is -0.123. The molecule has 0 aromatic rings. The molecule has 3 N–H and O–H groups in total. The quantitative estimate of drug-likeness (QED) is 0.745. The van der Waals surface area contributed by atoms with E-state index < -0.39 is 0 Å². The predicted molar refractivity (Wildman–Crippen MR) is 61.9 cm³/mol. The molecule has 1 aliphatic heterocycles. The van der Waals surface area contributed by atoms with Crippen molar-refractivity contribution in [3.63, 3.8) is 0 Å². The first-order chi connectivity index (χ1) is 7.77. The van der Waals surface area contributed by atoms with Crippen LogP contribution >= 0.6 is 0 Å². The van der Waals surface area contributed by atoms with Gasteiger partial charge >= 0.3 is 0 Å². The van der Waals surface area contributed by atoms with Crippen molar-refractivity contribution in [2.75, 3.05) is 13.2 Å². The highest BCUT2D eigenvalue weighted by Gasteiger charge is 2.31. The van der Waals surface area contributed by atoms with Crippen molar-refractivity contribution in [1.29, 1.82) is 0 Å². The number of hydrogen-bond donors (Lipinski definition) is 2. The number of rotatable bonds is 4. The molecule has 4 nitrogen and oxygen atoms in total. The second kappa shape index (κ2) is 5.64. The molecular formula is C12H22N2O2. The summed E-state index contributed by atoms with van der Waals surface area (Å²) in [4.78, 5) is 11.5. The van der Waals surface area contributed by atoms with Crippen LogP contribution in [0.4, 0.5) is 0 Å². The summed E-state index contributed by atoms with van der Waals surface area (Å²) in [5.41, 5.74) is 5.49. The van der Waals surface area contributed by atoms with Crippen LogP contribution in [0.15, 0.2) is 0 Å². The van der Waals surface area contributed by atoms with Crippen LogP contribution in [0.3, 0.4) is 0 Å². The molecule has 0 aromatic heterocycles. The number of hydrogen-bond acceptors (Lipinski definition) is 3. The Morgan fingerprint density at radius 3 is 2.56 bits per heavy atom. The highest BCUT2D eigenvalue weighted by molar-refractivity contribution is 5.80. The van der Waals surface area contributed by atoms with E-state index in [4.69, 9.17) is 10.5 Å². The fraction of sp³-hybridized carbons (Fsp3) is 0.917. The average Bonchev–Trinajstić information content (AvgIpc) is 2.79. The molecule has 2 aliphatic rings. The molecule has 2 rings (SSSR count). The molecule has 16 heavy (non-hydrogen) atoms. The van der Waals surface area contributed by atoms with Crippen molar-refractivity contribution in [2.24, 2.45) is 11.7 Å². The lowest BCUT2D eigenvalue weighted by Gasteiger charge is -2.30. The SMILES string of the molecule is NC(=O)C(NC1CCCC1)C1CCCOC1. The summed E-state index contributed by atoms with van der Waals surface area (Å²) in [6.45, 7) is 1.50. The molecule has 2 atom stereocenters. The summed E-state index contributed by atoms with van der Waals surface area (Å²) in [6.07, 6.45) is 6.98. The van der Waals surface area contributed by atoms with E-state index in [1.54, 1.807) is 0 Å². The normalized spacial score (nSPS) is 29.1. The first kappa shape index (κ1) is 11.9. The Morgan fingerprint density at radius 2 is 2.00 bits per heavy atom. The molecule has 1 heterocycles. The zero-order valence-corrected chi connectivity index (χ0v) is 9.78. The van der Waals surface area contributed by atoms with Crippen LogP contribution in [0.1, 0.15) is 38.5 Å². The van der Waals surface area contributed by atoms with Gasteiger partial charge in [0.25, 0.3) is 0 Å². The third-order valence-corrected chi connectivity index (χ3v) is 3.74. The first-order valence-electron chi connectivity index (χ1n) is 6.40. The maximum absolute atomic E-state index is 11.5. The van der Waals surface area contributed by atoms with Gasteiger partial charge < -0.3 is 15.8 Å². The van der Waals surface area contributed by atoms with Gasteiger partial charge in [0.05, 0.1) is 12.6 Å². The van der Waals surface area contributed by atoms with Crippen LogP contribution in [-0.2, 0) is 9.53 Å². The van der Waals surface area contributed by atoms with Gasteiger partial charge in [-0.25, -0.2) is 0 Å². The molecule has 1 saturated heterocycles. The Bertz CT molecular complexity index is 233. The fourth-order valence-electron chi connectivity index (χ4n) is 2.83. The smallest absolute Gasteiger partial charge is 0.234 e. The maximum Gasteiger partial charge on any atom is 0.234 e. The lowest BCUT2D eigenvalue weighted by Crippen LogP contribution is -2.52. The largest absolute Gasteiger partial charge is 0.381 e. The minimum atomic E-state index is -0.220. The fourth-order valence-corrected chi connectivity index (χ4v) is 2.83. The number of primary amides is 1. The number of ether oxygens (including phenoxy) is 1. The molecular weight excluding hydrogens is 204 g/mol. The summed E-state index contributed by atoms with van der Waals surface area (Å²) in [7, 11) is 0. The van der Waals surface area contributed by atoms with Crippen LogP contribution in [0.5, 0.6) is 0 Å². The second-order valence-corrected chi connectivity index (χ2v) is 5.01. The number of carbonyl (C=O) groups is 1. The topological polar surface area (TPSA) is 64.4 Å². The molecule has 1 saturated carbocycles. The molecule has 1 amide bonds. The molecule has 92 valence electrons. The molecule has 0 aromatic carbocycles. The third-order valence-electron chi connectivity index (χ3n) is 3.74. The van der Waals surface area contributed by atoms with E-state index in [1.165, 1.54) is 25.7 Å². The Balaban J connectivity index is 1.90.